The minimum absolute atomic E-state index is 0.0300. The van der Waals surface area contributed by atoms with E-state index in [9.17, 15) is 4.79 Å². The maximum Gasteiger partial charge on any atom is 0.251 e. The fraction of sp³-hybridized carbons (Fsp3) is 0.375. The second kappa shape index (κ2) is 6.72. The first kappa shape index (κ1) is 15.5. The second-order valence-electron chi connectivity index (χ2n) is 5.19. The van der Waals surface area contributed by atoms with Gasteiger partial charge in [0.25, 0.3) is 5.91 Å². The quantitative estimate of drug-likeness (QED) is 0.924. The van der Waals surface area contributed by atoms with Crippen LogP contribution in [0.3, 0.4) is 0 Å². The molecule has 0 radical (unpaired) electrons. The lowest BCUT2D eigenvalue weighted by molar-refractivity contribution is 0.0954. The molecule has 1 amide bonds. The van der Waals surface area contributed by atoms with Crippen LogP contribution in [0.2, 0.25) is 0 Å². The molecule has 0 aliphatic carbocycles. The summed E-state index contributed by atoms with van der Waals surface area (Å²) in [6, 6.07) is 7.63. The molecule has 21 heavy (non-hydrogen) atoms. The summed E-state index contributed by atoms with van der Waals surface area (Å²) < 4.78 is 0. The largest absolute Gasteiger partial charge is 0.378 e. The van der Waals surface area contributed by atoms with E-state index in [1.54, 1.807) is 11.3 Å². The molecule has 0 aliphatic rings. The van der Waals surface area contributed by atoms with Crippen LogP contribution in [-0.4, -0.2) is 31.5 Å². The fourth-order valence-electron chi connectivity index (χ4n) is 2.12. The molecule has 4 nitrogen and oxygen atoms in total. The van der Waals surface area contributed by atoms with Crippen molar-refractivity contribution in [1.82, 2.24) is 10.3 Å². The van der Waals surface area contributed by atoms with E-state index in [2.05, 4.69) is 10.3 Å². The molecule has 2 rings (SSSR count). The summed E-state index contributed by atoms with van der Waals surface area (Å²) in [5, 5.41) is 4.05. The number of carbonyl (C=O) groups excluding carboxylic acids is 1. The topological polar surface area (TPSA) is 45.2 Å². The van der Waals surface area contributed by atoms with Crippen molar-refractivity contribution in [1.29, 1.82) is 0 Å². The molecule has 1 heterocycles. The van der Waals surface area contributed by atoms with Gasteiger partial charge in [0.15, 0.2) is 0 Å². The van der Waals surface area contributed by atoms with Crippen LogP contribution in [0.1, 0.15) is 25.9 Å². The number of amides is 1. The van der Waals surface area contributed by atoms with E-state index < -0.39 is 0 Å². The van der Waals surface area contributed by atoms with E-state index in [0.717, 1.165) is 22.8 Å². The van der Waals surface area contributed by atoms with Gasteiger partial charge in [-0.1, -0.05) is 6.07 Å². The molecule has 0 unspecified atom stereocenters. The number of thiazole rings is 1. The molecule has 1 aromatic heterocycles. The number of nitrogens with one attached hydrogen (secondary N) is 1. The van der Waals surface area contributed by atoms with Crippen LogP contribution in [0.15, 0.2) is 24.3 Å². The summed E-state index contributed by atoms with van der Waals surface area (Å²) in [6.45, 7) is 4.65. The highest BCUT2D eigenvalue weighted by Crippen LogP contribution is 2.17. The maximum atomic E-state index is 12.2. The van der Waals surface area contributed by atoms with Crippen molar-refractivity contribution in [2.75, 3.05) is 25.5 Å². The third kappa shape index (κ3) is 4.04. The average Bonchev–Trinajstić information content (AvgIpc) is 2.77. The Labute approximate surface area is 129 Å². The molecular weight excluding hydrogens is 282 g/mol. The minimum Gasteiger partial charge on any atom is -0.378 e. The number of nitrogens with zero attached hydrogens (tertiary/aromatic N) is 2. The first-order valence-corrected chi connectivity index (χ1v) is 7.77. The maximum absolute atomic E-state index is 12.2. The number of benzene rings is 1. The number of carbonyl (C=O) groups is 1. The van der Waals surface area contributed by atoms with Crippen LogP contribution < -0.4 is 10.2 Å². The zero-order chi connectivity index (χ0) is 15.4. The monoisotopic (exact) mass is 303 g/mol. The molecule has 5 heteroatoms. The fourth-order valence-corrected chi connectivity index (χ4v) is 3.06. The first-order valence-electron chi connectivity index (χ1n) is 6.96. The highest BCUT2D eigenvalue weighted by Gasteiger charge is 2.08. The number of anilines is 1. The van der Waals surface area contributed by atoms with Gasteiger partial charge in [-0.15, -0.1) is 11.3 Å². The van der Waals surface area contributed by atoms with Gasteiger partial charge in [0.05, 0.1) is 10.7 Å². The van der Waals surface area contributed by atoms with Crippen LogP contribution >= 0.6 is 11.3 Å². The third-order valence-electron chi connectivity index (χ3n) is 3.26. The average molecular weight is 303 g/mol. The van der Waals surface area contributed by atoms with Crippen molar-refractivity contribution < 1.29 is 4.79 Å². The summed E-state index contributed by atoms with van der Waals surface area (Å²) >= 11 is 1.70. The molecule has 1 N–H and O–H groups in total. The van der Waals surface area contributed by atoms with Gasteiger partial charge in [-0.25, -0.2) is 4.98 Å². The van der Waals surface area contributed by atoms with Crippen LogP contribution in [0.4, 0.5) is 5.69 Å². The van der Waals surface area contributed by atoms with E-state index in [0.29, 0.717) is 12.1 Å². The van der Waals surface area contributed by atoms with Gasteiger partial charge in [-0.3, -0.25) is 4.79 Å². The Morgan fingerprint density at radius 1 is 1.33 bits per heavy atom. The molecule has 0 fully saturated rings. The van der Waals surface area contributed by atoms with E-state index in [1.165, 1.54) is 4.88 Å². The first-order chi connectivity index (χ1) is 9.97. The smallest absolute Gasteiger partial charge is 0.251 e. The molecule has 0 aliphatic heterocycles. The number of rotatable bonds is 5. The third-order valence-corrected chi connectivity index (χ3v) is 4.39. The Kier molecular flexibility index (Phi) is 4.96. The van der Waals surface area contributed by atoms with Crippen LogP contribution in [0, 0.1) is 13.8 Å². The van der Waals surface area contributed by atoms with Crippen molar-refractivity contribution in [2.45, 2.75) is 20.3 Å². The Bertz CT molecular complexity index is 634. The Balaban J connectivity index is 1.93. The van der Waals surface area contributed by atoms with Gasteiger partial charge in [0.2, 0.25) is 0 Å². The SMILES string of the molecule is Cc1nc(C)c(CCNC(=O)c2cccc(N(C)C)c2)s1. The molecule has 0 saturated heterocycles. The van der Waals surface area contributed by atoms with Gasteiger partial charge < -0.3 is 10.2 Å². The number of aromatic nitrogens is 1. The van der Waals surface area contributed by atoms with Crippen LogP contribution in [-0.2, 0) is 6.42 Å². The normalized spacial score (nSPS) is 10.5. The number of aryl methyl sites for hydroxylation is 2. The van der Waals surface area contributed by atoms with Gasteiger partial charge in [-0.2, -0.15) is 0 Å². The van der Waals surface area contributed by atoms with Crippen molar-refractivity contribution in [3.05, 3.63) is 45.4 Å². The van der Waals surface area contributed by atoms with Crippen molar-refractivity contribution in [2.24, 2.45) is 0 Å². The predicted octanol–water partition coefficient (Wildman–Crippen LogP) is 2.80. The zero-order valence-corrected chi connectivity index (χ0v) is 13.8. The van der Waals surface area contributed by atoms with Crippen molar-refractivity contribution in [3.8, 4) is 0 Å². The molecule has 0 bridgehead atoms. The zero-order valence-electron chi connectivity index (χ0n) is 12.9. The van der Waals surface area contributed by atoms with Crippen molar-refractivity contribution in [3.63, 3.8) is 0 Å². The van der Waals surface area contributed by atoms with Gasteiger partial charge in [0.1, 0.15) is 0 Å². The molecule has 0 saturated carbocycles. The van der Waals surface area contributed by atoms with Gasteiger partial charge >= 0.3 is 0 Å². The van der Waals surface area contributed by atoms with Gasteiger partial charge in [-0.05, 0) is 32.0 Å². The van der Waals surface area contributed by atoms with Crippen LogP contribution in [0.25, 0.3) is 0 Å². The highest BCUT2D eigenvalue weighted by molar-refractivity contribution is 7.11. The van der Waals surface area contributed by atoms with E-state index >= 15 is 0 Å². The molecule has 2 aromatic rings. The summed E-state index contributed by atoms with van der Waals surface area (Å²) in [7, 11) is 3.93. The minimum atomic E-state index is -0.0300. The molecule has 112 valence electrons. The van der Waals surface area contributed by atoms with Gasteiger partial charge in [0, 0.05) is 43.2 Å². The lowest BCUT2D eigenvalue weighted by atomic mass is 10.2. The molecule has 0 spiro atoms. The number of hydrogen-bond acceptors (Lipinski definition) is 4. The van der Waals surface area contributed by atoms with Crippen LogP contribution in [0.5, 0.6) is 0 Å². The van der Waals surface area contributed by atoms with Crippen molar-refractivity contribution >= 4 is 22.9 Å². The summed E-state index contributed by atoms with van der Waals surface area (Å²) in [5.41, 5.74) is 2.79. The Morgan fingerprint density at radius 2 is 2.10 bits per heavy atom. The summed E-state index contributed by atoms with van der Waals surface area (Å²) in [4.78, 5) is 19.8. The predicted molar refractivity (Wildman–Crippen MR) is 88.4 cm³/mol. The summed E-state index contributed by atoms with van der Waals surface area (Å²) in [5.74, 6) is -0.0300. The molecular formula is C16H21N3OS. The van der Waals surface area contributed by atoms with E-state index in [4.69, 9.17) is 0 Å². The number of hydrogen-bond donors (Lipinski definition) is 1. The highest BCUT2D eigenvalue weighted by atomic mass is 32.1. The summed E-state index contributed by atoms with van der Waals surface area (Å²) in [6.07, 6.45) is 0.830. The molecule has 0 atom stereocenters. The second-order valence-corrected chi connectivity index (χ2v) is 6.48. The van der Waals surface area contributed by atoms with E-state index in [1.807, 2.05) is 57.1 Å². The van der Waals surface area contributed by atoms with E-state index in [-0.39, 0.29) is 5.91 Å². The lowest BCUT2D eigenvalue weighted by Gasteiger charge is -2.13. The Hall–Kier alpha value is -1.88. The Morgan fingerprint density at radius 3 is 2.71 bits per heavy atom. The lowest BCUT2D eigenvalue weighted by Crippen LogP contribution is -2.25. The standard InChI is InChI=1S/C16H21N3OS/c1-11-15(21-12(2)18-11)8-9-17-16(20)13-6-5-7-14(10-13)19(3)4/h5-7,10H,8-9H2,1-4H3,(H,17,20). The molecule has 1 aromatic carbocycles.